The first kappa shape index (κ1) is 45.3. The maximum Gasteiger partial charge on any atom is 0.254 e. The van der Waals surface area contributed by atoms with E-state index in [-0.39, 0.29) is 28.4 Å². The van der Waals surface area contributed by atoms with E-state index in [9.17, 15) is 0 Å². The Morgan fingerprint density at radius 2 is 0.958 bits per heavy atom. The van der Waals surface area contributed by atoms with Crippen LogP contribution in [0, 0.1) is 0 Å². The third-order valence-corrected chi connectivity index (χ3v) is 17.2. The fourth-order valence-corrected chi connectivity index (χ4v) is 13.1. The van der Waals surface area contributed by atoms with E-state index in [1.54, 1.807) is 0 Å². The van der Waals surface area contributed by atoms with E-state index in [2.05, 4.69) is 266 Å². The molecule has 5 heteroatoms. The van der Waals surface area contributed by atoms with Gasteiger partial charge in [0, 0.05) is 44.5 Å². The van der Waals surface area contributed by atoms with Crippen molar-refractivity contribution in [1.82, 2.24) is 0 Å². The lowest BCUT2D eigenvalue weighted by atomic mass is 9.33. The maximum absolute atomic E-state index is 2.68. The Bertz CT molecular complexity index is 3450. The van der Waals surface area contributed by atoms with E-state index in [0.717, 1.165) is 35.6 Å². The molecule has 71 heavy (non-hydrogen) atoms. The van der Waals surface area contributed by atoms with E-state index in [1.807, 2.05) is 11.3 Å². The second kappa shape index (κ2) is 16.4. The number of fused-ring (bicyclic) bond motifs is 7. The number of benzene rings is 8. The first-order valence-electron chi connectivity index (χ1n) is 25.7. The number of rotatable bonds is 6. The number of nitrogens with zero attached hydrogens (tertiary/aromatic N) is 3. The third kappa shape index (κ3) is 7.53. The molecule has 12 rings (SSSR count). The normalized spacial score (nSPS) is 15.5. The van der Waals surface area contributed by atoms with Crippen molar-refractivity contribution in [2.45, 2.75) is 104 Å². The van der Waals surface area contributed by atoms with E-state index >= 15 is 0 Å². The van der Waals surface area contributed by atoms with Crippen molar-refractivity contribution in [3.63, 3.8) is 0 Å². The van der Waals surface area contributed by atoms with Crippen LogP contribution in [0.2, 0.25) is 0 Å². The highest BCUT2D eigenvalue weighted by atomic mass is 32.1. The van der Waals surface area contributed by atoms with Crippen LogP contribution < -0.4 is 31.1 Å². The molecule has 3 heterocycles. The molecule has 0 spiro atoms. The fraction of sp³-hybridized carbons (Fsp3) is 0.242. The lowest BCUT2D eigenvalue weighted by Gasteiger charge is -2.47. The van der Waals surface area contributed by atoms with Gasteiger partial charge in [-0.1, -0.05) is 178 Å². The zero-order valence-corrected chi connectivity index (χ0v) is 43.9. The van der Waals surface area contributed by atoms with Crippen molar-refractivity contribution in [2.24, 2.45) is 0 Å². The van der Waals surface area contributed by atoms with Gasteiger partial charge in [0.1, 0.15) is 0 Å². The maximum atomic E-state index is 2.68. The number of para-hydroxylation sites is 2. The lowest BCUT2D eigenvalue weighted by molar-refractivity contribution is 0.332. The van der Waals surface area contributed by atoms with E-state index in [4.69, 9.17) is 0 Å². The summed E-state index contributed by atoms with van der Waals surface area (Å²) in [6.07, 6.45) is 2.30. The molecule has 9 aromatic rings. The van der Waals surface area contributed by atoms with Gasteiger partial charge in [-0.3, -0.25) is 0 Å². The Balaban J connectivity index is 1.23. The number of hydrogen-bond donors (Lipinski definition) is 0. The monoisotopic (exact) mass is 941 g/mol. The molecule has 8 aromatic carbocycles. The van der Waals surface area contributed by atoms with Gasteiger partial charge < -0.3 is 14.7 Å². The Kier molecular flexibility index (Phi) is 10.4. The van der Waals surface area contributed by atoms with E-state index in [0.29, 0.717) is 0 Å². The minimum atomic E-state index is -0.0269. The summed E-state index contributed by atoms with van der Waals surface area (Å²) in [6, 6.07) is 69.1. The summed E-state index contributed by atoms with van der Waals surface area (Å²) in [5, 5.41) is 2.66. The van der Waals surface area contributed by atoms with Crippen molar-refractivity contribution in [3.05, 3.63) is 204 Å². The van der Waals surface area contributed by atoms with Gasteiger partial charge in [0.15, 0.2) is 0 Å². The van der Waals surface area contributed by atoms with Crippen LogP contribution in [-0.4, -0.2) is 6.71 Å². The Labute approximate surface area is 426 Å². The quantitative estimate of drug-likeness (QED) is 0.154. The van der Waals surface area contributed by atoms with Crippen LogP contribution in [0.15, 0.2) is 182 Å². The van der Waals surface area contributed by atoms with Crippen molar-refractivity contribution < 1.29 is 0 Å². The summed E-state index contributed by atoms with van der Waals surface area (Å²) in [6.45, 7) is 23.9. The molecule has 1 aromatic heterocycles. The standard InChI is InChI=1S/C66H64BN3S/c1-63(2,3)45-28-33-50(34-29-45)70-58-40-51(68(47-22-16-12-17-23-47)48-24-18-13-19-25-48)39-57-61(58)67(60-52-38-46(64(4,5)6)30-35-59(52)71-62(60)70)55-41-53-54(66(9,10)37-36-65(53,7)8)42-56(55)69(57)49-31-26-44(27-32-49)43-20-14-11-15-21-43/h11-35,38-42H,36-37H2,1-10H3. The molecular formula is C66H64BN3S. The molecule has 0 bridgehead atoms. The van der Waals surface area contributed by atoms with Crippen molar-refractivity contribution in [3.8, 4) is 11.1 Å². The predicted molar refractivity (Wildman–Crippen MR) is 309 cm³/mol. The zero-order chi connectivity index (χ0) is 49.2. The highest BCUT2D eigenvalue weighted by Crippen LogP contribution is 2.53. The van der Waals surface area contributed by atoms with Crippen LogP contribution >= 0.6 is 11.3 Å². The average Bonchev–Trinajstić information content (AvgIpc) is 3.74. The summed E-state index contributed by atoms with van der Waals surface area (Å²) in [5.74, 6) is 0. The zero-order valence-electron chi connectivity index (χ0n) is 43.1. The van der Waals surface area contributed by atoms with E-state index in [1.165, 1.54) is 87.6 Å². The van der Waals surface area contributed by atoms with Crippen molar-refractivity contribution in [1.29, 1.82) is 0 Å². The van der Waals surface area contributed by atoms with Gasteiger partial charge in [-0.05, 0) is 162 Å². The van der Waals surface area contributed by atoms with Gasteiger partial charge in [0.05, 0.1) is 10.7 Å². The van der Waals surface area contributed by atoms with Crippen molar-refractivity contribution >= 4 is 95.0 Å². The third-order valence-electron chi connectivity index (χ3n) is 16.0. The SMILES string of the molecule is CC(C)(C)c1ccc(N2c3cc(N(c4ccccc4)c4ccccc4)cc4c3B(c3cc5c(cc3N4c3ccc(-c4ccccc4)cc3)C(C)(C)CCC5(C)C)c3c2sc2ccc(C(C)(C)C)cc32)cc1. The molecule has 0 atom stereocenters. The topological polar surface area (TPSA) is 9.72 Å². The molecule has 0 fully saturated rings. The Hall–Kier alpha value is -6.82. The minimum absolute atomic E-state index is 0.0118. The highest BCUT2D eigenvalue weighted by molar-refractivity contribution is 7.26. The predicted octanol–water partition coefficient (Wildman–Crippen LogP) is 17.1. The van der Waals surface area contributed by atoms with Gasteiger partial charge in [-0.25, -0.2) is 0 Å². The minimum Gasteiger partial charge on any atom is -0.311 e. The van der Waals surface area contributed by atoms with Crippen LogP contribution in [0.25, 0.3) is 21.2 Å². The molecule has 0 N–H and O–H groups in total. The number of thiophene rings is 1. The molecule has 352 valence electrons. The van der Waals surface area contributed by atoms with Gasteiger partial charge in [-0.15, -0.1) is 11.3 Å². The van der Waals surface area contributed by atoms with Gasteiger partial charge in [0.25, 0.3) is 6.71 Å². The molecule has 0 radical (unpaired) electrons. The van der Waals surface area contributed by atoms with Crippen LogP contribution in [0.5, 0.6) is 0 Å². The van der Waals surface area contributed by atoms with E-state index < -0.39 is 0 Å². The molecular weight excluding hydrogens is 878 g/mol. The highest BCUT2D eigenvalue weighted by Gasteiger charge is 2.48. The summed E-state index contributed by atoms with van der Waals surface area (Å²) in [5.41, 5.74) is 21.6. The molecule has 0 saturated carbocycles. The average molecular weight is 942 g/mol. The van der Waals surface area contributed by atoms with Crippen molar-refractivity contribution in [2.75, 3.05) is 14.7 Å². The Morgan fingerprint density at radius 3 is 1.54 bits per heavy atom. The van der Waals surface area contributed by atoms with Crippen LogP contribution in [-0.2, 0) is 21.7 Å². The molecule has 0 saturated heterocycles. The molecule has 1 aliphatic carbocycles. The smallest absolute Gasteiger partial charge is 0.254 e. The summed E-state index contributed by atoms with van der Waals surface area (Å²) >= 11 is 1.95. The fourth-order valence-electron chi connectivity index (χ4n) is 11.8. The van der Waals surface area contributed by atoms with Crippen LogP contribution in [0.3, 0.4) is 0 Å². The molecule has 2 aliphatic heterocycles. The first-order valence-corrected chi connectivity index (χ1v) is 26.5. The first-order chi connectivity index (χ1) is 34.0. The second-order valence-electron chi connectivity index (χ2n) is 23.7. The summed E-state index contributed by atoms with van der Waals surface area (Å²) in [7, 11) is 0. The van der Waals surface area contributed by atoms with Gasteiger partial charge >= 0.3 is 0 Å². The molecule has 0 unspecified atom stereocenters. The van der Waals surface area contributed by atoms with Crippen LogP contribution in [0.4, 0.5) is 50.5 Å². The van der Waals surface area contributed by atoms with Gasteiger partial charge in [0.2, 0.25) is 0 Å². The second-order valence-corrected chi connectivity index (χ2v) is 24.8. The summed E-state index contributed by atoms with van der Waals surface area (Å²) < 4.78 is 1.32. The largest absolute Gasteiger partial charge is 0.311 e. The molecule has 3 aliphatic rings. The lowest BCUT2D eigenvalue weighted by Crippen LogP contribution is -2.61. The van der Waals surface area contributed by atoms with Crippen LogP contribution in [0.1, 0.15) is 104 Å². The van der Waals surface area contributed by atoms with Gasteiger partial charge in [-0.2, -0.15) is 0 Å². The number of hydrogen-bond acceptors (Lipinski definition) is 4. The number of anilines is 9. The molecule has 3 nitrogen and oxygen atoms in total. The summed E-state index contributed by atoms with van der Waals surface area (Å²) in [4.78, 5) is 7.72. The Morgan fingerprint density at radius 1 is 0.465 bits per heavy atom. The molecule has 0 amide bonds.